The number of rotatable bonds is 10. The molecule has 0 spiro atoms. The Morgan fingerprint density at radius 2 is 0.957 bits per heavy atom. The van der Waals surface area contributed by atoms with Gasteiger partial charge in [0.15, 0.2) is 0 Å². The van der Waals surface area contributed by atoms with Gasteiger partial charge in [0.1, 0.15) is 11.5 Å². The van der Waals surface area contributed by atoms with Gasteiger partial charge in [-0.05, 0) is 109 Å². The first-order chi connectivity index (χ1) is 22.1. The van der Waals surface area contributed by atoms with Crippen LogP contribution in [-0.2, 0) is 27.8 Å². The minimum absolute atomic E-state index is 0.0194. The van der Waals surface area contributed by atoms with Crippen molar-refractivity contribution in [2.24, 2.45) is 0 Å². The Morgan fingerprint density at radius 1 is 0.565 bits per heavy atom. The monoisotopic (exact) mass is 642 g/mol. The number of hydrogen-bond acceptors (Lipinski definition) is 8. The highest BCUT2D eigenvalue weighted by atomic mass is 31.2. The van der Waals surface area contributed by atoms with E-state index in [1.807, 2.05) is 11.8 Å². The quantitative estimate of drug-likeness (QED) is 0.0764. The molecule has 0 bridgehead atoms. The van der Waals surface area contributed by atoms with Gasteiger partial charge in [-0.25, -0.2) is 14.2 Å². The molecule has 3 aromatic rings. The number of terminal acetylenes is 2. The molecule has 0 saturated carbocycles. The summed E-state index contributed by atoms with van der Waals surface area (Å²) in [4.78, 5) is 25.3. The fourth-order valence-electron chi connectivity index (χ4n) is 3.20. The number of hydrogen-bond donors (Lipinski definition) is 0. The van der Waals surface area contributed by atoms with Gasteiger partial charge in [-0.3, -0.25) is 4.57 Å². The van der Waals surface area contributed by atoms with E-state index < -0.39 is 38.2 Å². The van der Waals surface area contributed by atoms with Gasteiger partial charge in [-0.15, -0.1) is 12.8 Å². The normalized spacial score (nSPS) is 9.52. The summed E-state index contributed by atoms with van der Waals surface area (Å²) in [6.07, 6.45) is 10.0. The lowest BCUT2D eigenvalue weighted by molar-refractivity contribution is -0.133. The Bertz CT molecular complexity index is 2010. The van der Waals surface area contributed by atoms with Crippen molar-refractivity contribution in [1.29, 1.82) is 0 Å². The van der Waals surface area contributed by atoms with Crippen molar-refractivity contribution in [3.8, 4) is 83.0 Å². The maximum absolute atomic E-state index is 14.0. The fourth-order valence-corrected chi connectivity index (χ4v) is 6.16. The van der Waals surface area contributed by atoms with Crippen molar-refractivity contribution >= 4 is 37.3 Å². The smallest absolute Gasteiger partial charge is 0.394 e. The molecule has 10 heteroatoms. The van der Waals surface area contributed by atoms with Crippen LogP contribution in [0.2, 0.25) is 0 Å². The third-order valence-electron chi connectivity index (χ3n) is 5.17. The fraction of sp³-hybridized carbons (Fsp3) is 0. The highest BCUT2D eigenvalue weighted by molar-refractivity contribution is 7.74. The Morgan fingerprint density at radius 3 is 1.35 bits per heavy atom. The molecule has 0 fully saturated rings. The minimum atomic E-state index is -4.16. The molecule has 0 aliphatic rings. The Hall–Kier alpha value is -6.50. The lowest BCUT2D eigenvalue weighted by atomic mass is 10.3. The second-order valence-corrected chi connectivity index (χ2v) is 12.4. The van der Waals surface area contributed by atoms with Crippen LogP contribution in [0.25, 0.3) is 0 Å². The summed E-state index contributed by atoms with van der Waals surface area (Å²) in [5.74, 6) is 14.1. The second-order valence-electron chi connectivity index (χ2n) is 8.32. The van der Waals surface area contributed by atoms with E-state index >= 15 is 0 Å². The molecule has 0 heterocycles. The molecular weight excluding hydrogens is 622 g/mol. The predicted octanol–water partition coefficient (Wildman–Crippen LogP) is 4.96. The van der Waals surface area contributed by atoms with E-state index in [9.17, 15) is 18.7 Å². The van der Waals surface area contributed by atoms with Gasteiger partial charge in [0.2, 0.25) is 11.5 Å². The van der Waals surface area contributed by atoms with Crippen LogP contribution in [0.4, 0.5) is 0 Å². The molecule has 222 valence electrons. The van der Waals surface area contributed by atoms with Crippen molar-refractivity contribution in [1.82, 2.24) is 0 Å². The second kappa shape index (κ2) is 16.4. The van der Waals surface area contributed by atoms with Crippen LogP contribution >= 0.6 is 14.7 Å². The molecule has 0 radical (unpaired) electrons. The van der Waals surface area contributed by atoms with E-state index in [-0.39, 0.29) is 11.5 Å². The van der Waals surface area contributed by atoms with Gasteiger partial charge in [0.25, 0.3) is 0 Å². The molecule has 0 N–H and O–H groups in total. The van der Waals surface area contributed by atoms with Gasteiger partial charge in [-0.2, -0.15) is 0 Å². The molecule has 0 aliphatic heterocycles. The molecule has 0 unspecified atom stereocenters. The van der Waals surface area contributed by atoms with Crippen LogP contribution in [0, 0.1) is 71.5 Å². The maximum Gasteiger partial charge on any atom is 0.394 e. The Kier molecular flexibility index (Phi) is 12.1. The molecule has 0 saturated heterocycles. The molecule has 3 rings (SSSR count). The summed E-state index contributed by atoms with van der Waals surface area (Å²) in [5, 5.41) is 0.718. The highest BCUT2D eigenvalue weighted by Gasteiger charge is 2.32. The molecule has 3 aromatic carbocycles. The summed E-state index contributed by atoms with van der Waals surface area (Å²) >= 11 is 0. The molecule has 0 amide bonds. The van der Waals surface area contributed by atoms with Crippen LogP contribution in [0.5, 0.6) is 11.5 Å². The zero-order valence-electron chi connectivity index (χ0n) is 23.8. The summed E-state index contributed by atoms with van der Waals surface area (Å²) in [6, 6.07) is 22.0. The van der Waals surface area contributed by atoms with Crippen molar-refractivity contribution in [3.05, 3.63) is 110 Å². The SMILES string of the molecule is C#CC#CC#CP(=O)(C#CC#CC#C)OC(=C)C(=O)Oc1ccc(OC(=O)C(=C)OP(=O)(c2ccccc2)c2ccccc2)cc1. The predicted molar refractivity (Wildman–Crippen MR) is 174 cm³/mol. The molecule has 0 aliphatic carbocycles. The summed E-state index contributed by atoms with van der Waals surface area (Å²) in [5.41, 5.74) is 4.39. The number of ether oxygens (including phenoxy) is 2. The minimum Gasteiger partial charge on any atom is -0.430 e. The molecule has 8 nitrogen and oxygen atoms in total. The van der Waals surface area contributed by atoms with E-state index in [1.165, 1.54) is 24.3 Å². The summed E-state index contributed by atoms with van der Waals surface area (Å²) < 4.78 is 48.3. The largest absolute Gasteiger partial charge is 0.430 e. The number of carbonyl (C=O) groups is 2. The van der Waals surface area contributed by atoms with Crippen molar-refractivity contribution in [2.75, 3.05) is 0 Å². The van der Waals surface area contributed by atoms with E-state index in [1.54, 1.807) is 60.7 Å². The van der Waals surface area contributed by atoms with Crippen LogP contribution in [0.1, 0.15) is 0 Å². The zero-order chi connectivity index (χ0) is 33.4. The van der Waals surface area contributed by atoms with Crippen molar-refractivity contribution < 1.29 is 37.2 Å². The average molecular weight is 642 g/mol. The third-order valence-corrected chi connectivity index (χ3v) is 8.89. The molecule has 0 aromatic heterocycles. The van der Waals surface area contributed by atoms with Crippen LogP contribution in [0.3, 0.4) is 0 Å². The number of carbonyl (C=O) groups excluding carboxylic acids is 2. The van der Waals surface area contributed by atoms with Crippen molar-refractivity contribution in [3.63, 3.8) is 0 Å². The van der Waals surface area contributed by atoms with Gasteiger partial charge in [0.05, 0.1) is 10.6 Å². The average Bonchev–Trinajstić information content (AvgIpc) is 3.06. The first-order valence-electron chi connectivity index (χ1n) is 12.7. The lowest BCUT2D eigenvalue weighted by Gasteiger charge is -2.20. The van der Waals surface area contributed by atoms with E-state index in [2.05, 4.69) is 60.0 Å². The van der Waals surface area contributed by atoms with E-state index in [0.29, 0.717) is 10.6 Å². The number of esters is 2. The highest BCUT2D eigenvalue weighted by Crippen LogP contribution is 2.47. The van der Waals surface area contributed by atoms with Crippen LogP contribution < -0.4 is 20.1 Å². The molecule has 46 heavy (non-hydrogen) atoms. The zero-order valence-corrected chi connectivity index (χ0v) is 25.6. The Balaban J connectivity index is 1.67. The van der Waals surface area contributed by atoms with E-state index in [4.69, 9.17) is 31.4 Å². The van der Waals surface area contributed by atoms with Gasteiger partial charge >= 0.3 is 26.7 Å². The first-order valence-corrected chi connectivity index (χ1v) is 15.9. The summed E-state index contributed by atoms with van der Waals surface area (Å²) in [7, 11) is -7.92. The number of benzene rings is 3. The Labute approximate surface area is 266 Å². The van der Waals surface area contributed by atoms with E-state index in [0.717, 1.165) is 0 Å². The molecule has 0 atom stereocenters. The van der Waals surface area contributed by atoms with Gasteiger partial charge in [-0.1, -0.05) is 36.4 Å². The standard InChI is InChI=1S/C36H20O8P2/c1-5-7-9-17-27-45(39,28-18-10-8-6-2)43-29(3)35(37)41-31-23-25-32(26-24-31)42-36(38)30(4)44-46(40,33-19-13-11-14-20-33)34-21-15-12-16-22-34/h1-2,11-16,19-26H,3-4H2. The van der Waals surface area contributed by atoms with Crippen molar-refractivity contribution in [2.45, 2.75) is 0 Å². The van der Waals surface area contributed by atoms with Crippen LogP contribution in [0.15, 0.2) is 110 Å². The van der Waals surface area contributed by atoms with Gasteiger partial charge < -0.3 is 18.5 Å². The first kappa shape index (κ1) is 34.0. The maximum atomic E-state index is 14.0. The third kappa shape index (κ3) is 9.77. The molecular formula is C36H20O8P2. The van der Waals surface area contributed by atoms with Crippen LogP contribution in [-0.4, -0.2) is 11.9 Å². The topological polar surface area (TPSA) is 105 Å². The lowest BCUT2D eigenvalue weighted by Crippen LogP contribution is -2.21. The van der Waals surface area contributed by atoms with Gasteiger partial charge in [0, 0.05) is 11.3 Å². The summed E-state index contributed by atoms with van der Waals surface area (Å²) in [6.45, 7) is 7.03.